The number of pyridine rings is 1. The average Bonchev–Trinajstić information content (AvgIpc) is 3.61. The van der Waals surface area contributed by atoms with E-state index in [0.717, 1.165) is 10.3 Å². The number of thiazole rings is 1. The summed E-state index contributed by atoms with van der Waals surface area (Å²) in [6.07, 6.45) is 1.82. The van der Waals surface area contributed by atoms with Crippen molar-refractivity contribution in [1.82, 2.24) is 14.4 Å². The molecule has 0 saturated carbocycles. The van der Waals surface area contributed by atoms with E-state index in [1.165, 1.54) is 35.5 Å². The van der Waals surface area contributed by atoms with Crippen LogP contribution in [0.15, 0.2) is 60.3 Å². The van der Waals surface area contributed by atoms with Gasteiger partial charge in [-0.1, -0.05) is 23.5 Å². The van der Waals surface area contributed by atoms with Crippen molar-refractivity contribution < 1.29 is 29.3 Å². The molecule has 10 nitrogen and oxygen atoms in total. The average molecular weight is 571 g/mol. The molecule has 1 fully saturated rings. The number of amides is 1. The molecule has 208 valence electrons. The van der Waals surface area contributed by atoms with Crippen LogP contribution >= 0.6 is 11.3 Å². The molecule has 2 N–H and O–H groups in total. The molecule has 4 heterocycles. The number of carbonyl (C=O) groups excluding carboxylic acids is 2. The first kappa shape index (κ1) is 26.3. The molecule has 1 saturated heterocycles. The molecule has 0 aliphatic carbocycles. The maximum atomic E-state index is 13.7. The van der Waals surface area contributed by atoms with Gasteiger partial charge in [0.2, 0.25) is 0 Å². The number of methoxy groups -OCH3 is 1. The fourth-order valence-electron chi connectivity index (χ4n) is 5.14. The molecule has 11 heteroatoms. The lowest BCUT2D eigenvalue weighted by Gasteiger charge is -2.23. The SMILES string of the molecule is CCOc1ccc2nc(N3C(=O)C(=O)/C(=C(/O)c4nc5c(C)cccn5c4C)C3c3ccc(O)c(OC)c3)sc2c1. The molecule has 1 aliphatic rings. The number of phenolic OH excluding ortho intramolecular Hbond substituents is 1. The number of hydrogen-bond donors (Lipinski definition) is 2. The molecule has 1 atom stereocenters. The molecule has 2 aromatic carbocycles. The van der Waals surface area contributed by atoms with E-state index >= 15 is 0 Å². The lowest BCUT2D eigenvalue weighted by atomic mass is 9.96. The van der Waals surface area contributed by atoms with Crippen LogP contribution in [0.25, 0.3) is 21.6 Å². The Balaban J connectivity index is 1.58. The van der Waals surface area contributed by atoms with Crippen LogP contribution in [0.1, 0.15) is 35.5 Å². The Labute approximate surface area is 238 Å². The van der Waals surface area contributed by atoms with Crippen molar-refractivity contribution in [1.29, 1.82) is 0 Å². The normalized spacial score (nSPS) is 16.7. The highest BCUT2D eigenvalue weighted by atomic mass is 32.1. The molecule has 5 aromatic rings. The number of ether oxygens (including phenoxy) is 2. The number of rotatable bonds is 6. The second kappa shape index (κ2) is 9.93. The summed E-state index contributed by atoms with van der Waals surface area (Å²) in [4.78, 5) is 37.9. The van der Waals surface area contributed by atoms with Crippen LogP contribution in [-0.2, 0) is 9.59 Å². The maximum absolute atomic E-state index is 13.7. The topological polar surface area (TPSA) is 126 Å². The van der Waals surface area contributed by atoms with E-state index in [-0.39, 0.29) is 27.9 Å². The molecule has 0 spiro atoms. The summed E-state index contributed by atoms with van der Waals surface area (Å²) < 4.78 is 13.5. The van der Waals surface area contributed by atoms with Gasteiger partial charge >= 0.3 is 5.91 Å². The number of aromatic nitrogens is 3. The third kappa shape index (κ3) is 4.16. The van der Waals surface area contributed by atoms with Crippen molar-refractivity contribution in [2.75, 3.05) is 18.6 Å². The number of aliphatic hydroxyl groups excluding tert-OH is 1. The Morgan fingerprint density at radius 3 is 2.63 bits per heavy atom. The predicted molar refractivity (Wildman–Crippen MR) is 155 cm³/mol. The first-order chi connectivity index (χ1) is 19.7. The Hall–Kier alpha value is -4.90. The van der Waals surface area contributed by atoms with Gasteiger partial charge in [-0.3, -0.25) is 14.5 Å². The van der Waals surface area contributed by atoms with E-state index in [2.05, 4.69) is 9.97 Å². The molecule has 0 radical (unpaired) electrons. The predicted octanol–water partition coefficient (Wildman–Crippen LogP) is 5.30. The minimum absolute atomic E-state index is 0.108. The van der Waals surface area contributed by atoms with Crippen molar-refractivity contribution >= 4 is 49.8 Å². The molecule has 41 heavy (non-hydrogen) atoms. The zero-order valence-corrected chi connectivity index (χ0v) is 23.5. The van der Waals surface area contributed by atoms with Gasteiger partial charge in [0.15, 0.2) is 22.4 Å². The van der Waals surface area contributed by atoms with E-state index in [4.69, 9.17) is 9.47 Å². The zero-order valence-electron chi connectivity index (χ0n) is 22.7. The van der Waals surface area contributed by atoms with Gasteiger partial charge in [-0.25, -0.2) is 9.97 Å². The monoisotopic (exact) mass is 570 g/mol. The van der Waals surface area contributed by atoms with Crippen LogP contribution in [0.2, 0.25) is 0 Å². The summed E-state index contributed by atoms with van der Waals surface area (Å²) in [5.41, 5.74) is 3.24. The number of ketones is 1. The highest BCUT2D eigenvalue weighted by Gasteiger charge is 2.49. The molecular formula is C30H26N4O6S. The standard InChI is InChI=1S/C30H26N4O6S/c1-5-40-18-9-10-19-22(14-18)41-30(31-19)34-25(17-8-11-20(35)21(13-17)39-4)23(27(37)29(34)38)26(36)24-16(3)33-12-6-7-15(2)28(33)32-24/h6-14,25,35-36H,5H2,1-4H3/b26-23+. The summed E-state index contributed by atoms with van der Waals surface area (Å²) >= 11 is 1.23. The number of nitrogens with zero attached hydrogens (tertiary/aromatic N) is 4. The fraction of sp³-hybridized carbons (Fsp3) is 0.200. The lowest BCUT2D eigenvalue weighted by Crippen LogP contribution is -2.29. The molecule has 6 rings (SSSR count). The lowest BCUT2D eigenvalue weighted by molar-refractivity contribution is -0.132. The fourth-order valence-corrected chi connectivity index (χ4v) is 6.16. The number of benzene rings is 2. The van der Waals surface area contributed by atoms with Gasteiger partial charge in [0, 0.05) is 6.20 Å². The molecule has 3 aromatic heterocycles. The number of fused-ring (bicyclic) bond motifs is 2. The minimum atomic E-state index is -1.07. The number of aliphatic hydroxyl groups is 1. The van der Waals surface area contributed by atoms with Gasteiger partial charge in [0.1, 0.15) is 17.1 Å². The second-order valence-corrected chi connectivity index (χ2v) is 10.6. The van der Waals surface area contributed by atoms with Crippen LogP contribution in [0.3, 0.4) is 0 Å². The van der Waals surface area contributed by atoms with Crippen molar-refractivity contribution in [2.24, 2.45) is 0 Å². The third-order valence-electron chi connectivity index (χ3n) is 7.14. The number of hydrogen-bond acceptors (Lipinski definition) is 9. The van der Waals surface area contributed by atoms with Gasteiger partial charge in [0.25, 0.3) is 5.78 Å². The first-order valence-corrected chi connectivity index (χ1v) is 13.7. The summed E-state index contributed by atoms with van der Waals surface area (Å²) in [6, 6.07) is 12.6. The summed E-state index contributed by atoms with van der Waals surface area (Å²) in [5, 5.41) is 22.2. The minimum Gasteiger partial charge on any atom is -0.505 e. The van der Waals surface area contributed by atoms with Gasteiger partial charge < -0.3 is 24.1 Å². The molecule has 1 aliphatic heterocycles. The van der Waals surface area contributed by atoms with E-state index in [9.17, 15) is 19.8 Å². The number of carbonyl (C=O) groups is 2. The zero-order chi connectivity index (χ0) is 29.0. The summed E-state index contributed by atoms with van der Waals surface area (Å²) in [6.45, 7) is 6.07. The van der Waals surface area contributed by atoms with Gasteiger partial charge in [-0.2, -0.15) is 0 Å². The van der Waals surface area contributed by atoms with Gasteiger partial charge in [-0.15, -0.1) is 0 Å². The quantitative estimate of drug-likeness (QED) is 0.160. The smallest absolute Gasteiger partial charge is 0.301 e. The van der Waals surface area contributed by atoms with Gasteiger partial charge in [0.05, 0.1) is 41.2 Å². The molecular weight excluding hydrogens is 544 g/mol. The van der Waals surface area contributed by atoms with E-state index in [1.54, 1.807) is 25.1 Å². The molecule has 1 unspecified atom stereocenters. The van der Waals surface area contributed by atoms with E-state index in [0.29, 0.717) is 34.8 Å². The number of aromatic hydroxyl groups is 1. The van der Waals surface area contributed by atoms with Gasteiger partial charge in [-0.05, 0) is 68.3 Å². The van der Waals surface area contributed by atoms with Crippen LogP contribution < -0.4 is 14.4 Å². The van der Waals surface area contributed by atoms with Crippen LogP contribution in [0, 0.1) is 13.8 Å². The van der Waals surface area contributed by atoms with Crippen molar-refractivity contribution in [3.05, 3.63) is 82.8 Å². The van der Waals surface area contributed by atoms with Crippen molar-refractivity contribution in [2.45, 2.75) is 26.8 Å². The largest absolute Gasteiger partial charge is 0.505 e. The highest BCUT2D eigenvalue weighted by molar-refractivity contribution is 7.22. The number of Topliss-reactive ketones (excluding diaryl/α,β-unsaturated/α-hetero) is 1. The first-order valence-electron chi connectivity index (χ1n) is 12.9. The van der Waals surface area contributed by atoms with E-state index < -0.39 is 23.5 Å². The van der Waals surface area contributed by atoms with Crippen LogP contribution in [-0.4, -0.2) is 50.0 Å². The third-order valence-corrected chi connectivity index (χ3v) is 8.16. The summed E-state index contributed by atoms with van der Waals surface area (Å²) in [5.74, 6) is -1.41. The molecule has 0 bridgehead atoms. The maximum Gasteiger partial charge on any atom is 0.301 e. The number of anilines is 1. The number of phenols is 1. The Bertz CT molecular complexity index is 1910. The number of imidazole rings is 1. The van der Waals surface area contributed by atoms with Crippen LogP contribution in [0.5, 0.6) is 17.2 Å². The Morgan fingerprint density at radius 2 is 1.90 bits per heavy atom. The number of aryl methyl sites for hydroxylation is 2. The van der Waals surface area contributed by atoms with Crippen molar-refractivity contribution in [3.63, 3.8) is 0 Å². The van der Waals surface area contributed by atoms with Crippen LogP contribution in [0.4, 0.5) is 5.13 Å². The van der Waals surface area contributed by atoms with Crippen molar-refractivity contribution in [3.8, 4) is 17.2 Å². The Kier molecular flexibility index (Phi) is 6.38. The molecule has 1 amide bonds. The Morgan fingerprint density at radius 1 is 1.10 bits per heavy atom. The highest BCUT2D eigenvalue weighted by Crippen LogP contribution is 2.46. The summed E-state index contributed by atoms with van der Waals surface area (Å²) in [7, 11) is 1.40. The van der Waals surface area contributed by atoms with E-state index in [1.807, 2.05) is 42.6 Å². The second-order valence-electron chi connectivity index (χ2n) is 9.59.